The van der Waals surface area contributed by atoms with Gasteiger partial charge in [0.05, 0.1) is 8.59 Å². The number of ether oxygens (including phenoxy) is 2. The Bertz CT molecular complexity index is 636. The molecule has 2 heterocycles. The summed E-state index contributed by atoms with van der Waals surface area (Å²) < 4.78 is 11.4. The fourth-order valence-electron chi connectivity index (χ4n) is 1.62. The maximum absolute atomic E-state index is 6.10. The van der Waals surface area contributed by atoms with E-state index in [1.807, 2.05) is 0 Å². The molecule has 0 atom stereocenters. The van der Waals surface area contributed by atoms with Crippen molar-refractivity contribution in [2.24, 2.45) is 0 Å². The number of nitrogens with zero attached hydrogens (tertiary/aromatic N) is 2. The summed E-state index contributed by atoms with van der Waals surface area (Å²) in [5.41, 5.74) is 6.50. The van der Waals surface area contributed by atoms with Crippen molar-refractivity contribution >= 4 is 40.0 Å². The maximum atomic E-state index is 6.10. The fraction of sp³-hybridized carbons (Fsp3) is 0.0909. The Labute approximate surface area is 121 Å². The minimum absolute atomic E-state index is 0.175. The van der Waals surface area contributed by atoms with Crippen LogP contribution in [0.5, 0.6) is 11.5 Å². The maximum Gasteiger partial charge on any atom is 0.231 e. The third-order valence-electron chi connectivity index (χ3n) is 2.46. The van der Waals surface area contributed by atoms with Crippen LogP contribution in [0.2, 0.25) is 5.02 Å². The molecule has 0 amide bonds. The molecule has 0 aliphatic carbocycles. The van der Waals surface area contributed by atoms with E-state index >= 15 is 0 Å². The van der Waals surface area contributed by atoms with E-state index in [-0.39, 0.29) is 6.79 Å². The third kappa shape index (κ3) is 1.95. The Balaban J connectivity index is 2.12. The van der Waals surface area contributed by atoms with Gasteiger partial charge in [-0.25, -0.2) is 9.97 Å². The molecule has 0 saturated carbocycles. The number of aromatic nitrogens is 2. The molecule has 18 heavy (non-hydrogen) atoms. The molecule has 1 aromatic carbocycles. The van der Waals surface area contributed by atoms with E-state index in [1.165, 1.54) is 0 Å². The number of nitrogen functional groups attached to an aromatic ring is 1. The van der Waals surface area contributed by atoms with E-state index in [4.69, 9.17) is 26.8 Å². The number of hydrogen-bond acceptors (Lipinski definition) is 5. The van der Waals surface area contributed by atoms with Crippen LogP contribution in [0.1, 0.15) is 0 Å². The van der Waals surface area contributed by atoms with Gasteiger partial charge in [0.25, 0.3) is 0 Å². The van der Waals surface area contributed by atoms with E-state index in [0.29, 0.717) is 28.2 Å². The summed E-state index contributed by atoms with van der Waals surface area (Å²) in [5, 5.41) is 0.473. The van der Waals surface area contributed by atoms with E-state index in [0.717, 1.165) is 9.13 Å². The van der Waals surface area contributed by atoms with E-state index in [1.54, 1.807) is 18.3 Å². The first-order valence-corrected chi connectivity index (χ1v) is 6.48. The molecule has 2 aromatic rings. The van der Waals surface area contributed by atoms with Gasteiger partial charge in [-0.05, 0) is 34.7 Å². The quantitative estimate of drug-likeness (QED) is 0.776. The van der Waals surface area contributed by atoms with Crippen molar-refractivity contribution in [1.29, 1.82) is 0 Å². The van der Waals surface area contributed by atoms with Crippen molar-refractivity contribution in [3.8, 4) is 22.9 Å². The van der Waals surface area contributed by atoms with Crippen LogP contribution in [0.4, 0.5) is 5.82 Å². The summed E-state index contributed by atoms with van der Waals surface area (Å²) in [6.07, 6.45) is 1.66. The molecule has 0 unspecified atom stereocenters. The molecule has 0 radical (unpaired) electrons. The summed E-state index contributed by atoms with van der Waals surface area (Å²) in [4.78, 5) is 8.44. The highest BCUT2D eigenvalue weighted by atomic mass is 127. The summed E-state index contributed by atoms with van der Waals surface area (Å²) in [5.74, 6) is 2.10. The van der Waals surface area contributed by atoms with Crippen molar-refractivity contribution in [2.75, 3.05) is 12.5 Å². The Kier molecular flexibility index (Phi) is 2.90. The zero-order valence-corrected chi connectivity index (χ0v) is 11.9. The van der Waals surface area contributed by atoms with E-state index in [9.17, 15) is 0 Å². The van der Waals surface area contributed by atoms with Crippen molar-refractivity contribution in [2.45, 2.75) is 0 Å². The average molecular weight is 376 g/mol. The van der Waals surface area contributed by atoms with Gasteiger partial charge in [-0.15, -0.1) is 0 Å². The zero-order chi connectivity index (χ0) is 12.7. The van der Waals surface area contributed by atoms with Gasteiger partial charge in [0.15, 0.2) is 17.3 Å². The summed E-state index contributed by atoms with van der Waals surface area (Å²) in [6, 6.07) is 3.52. The highest BCUT2D eigenvalue weighted by molar-refractivity contribution is 14.1. The second-order valence-corrected chi connectivity index (χ2v) is 5.19. The monoisotopic (exact) mass is 375 g/mol. The van der Waals surface area contributed by atoms with Crippen LogP contribution >= 0.6 is 34.2 Å². The lowest BCUT2D eigenvalue weighted by atomic mass is 10.2. The minimum Gasteiger partial charge on any atom is -0.454 e. The normalized spacial score (nSPS) is 12.8. The van der Waals surface area contributed by atoms with E-state index in [2.05, 4.69) is 32.6 Å². The van der Waals surface area contributed by atoms with E-state index < -0.39 is 0 Å². The van der Waals surface area contributed by atoms with Crippen LogP contribution in [0.3, 0.4) is 0 Å². The van der Waals surface area contributed by atoms with Crippen LogP contribution in [-0.2, 0) is 0 Å². The SMILES string of the molecule is Nc1nc(-c2cc(Cl)c3c(c2)OCO3)ncc1I. The second kappa shape index (κ2) is 4.43. The van der Waals surface area contributed by atoms with Gasteiger partial charge in [0.2, 0.25) is 6.79 Å². The predicted octanol–water partition coefficient (Wildman–Crippen LogP) is 2.71. The van der Waals surface area contributed by atoms with Crippen LogP contribution < -0.4 is 15.2 Å². The van der Waals surface area contributed by atoms with Crippen molar-refractivity contribution in [3.63, 3.8) is 0 Å². The van der Waals surface area contributed by atoms with Crippen LogP contribution in [0.15, 0.2) is 18.3 Å². The highest BCUT2D eigenvalue weighted by Gasteiger charge is 2.19. The largest absolute Gasteiger partial charge is 0.454 e. The molecule has 1 aliphatic rings. The molecule has 1 aromatic heterocycles. The van der Waals surface area contributed by atoms with Crippen LogP contribution in [0.25, 0.3) is 11.4 Å². The van der Waals surface area contributed by atoms with Gasteiger partial charge in [-0.1, -0.05) is 11.6 Å². The van der Waals surface area contributed by atoms with Gasteiger partial charge < -0.3 is 15.2 Å². The molecule has 5 nitrogen and oxygen atoms in total. The third-order valence-corrected chi connectivity index (χ3v) is 3.57. The molecule has 1 aliphatic heterocycles. The molecular weight excluding hydrogens is 368 g/mol. The van der Waals surface area contributed by atoms with Crippen molar-refractivity contribution in [3.05, 3.63) is 26.9 Å². The molecule has 2 N–H and O–H groups in total. The summed E-state index contributed by atoms with van der Waals surface area (Å²) >= 11 is 8.18. The first-order valence-electron chi connectivity index (χ1n) is 5.02. The van der Waals surface area contributed by atoms with Gasteiger partial charge in [-0.2, -0.15) is 0 Å². The molecule has 0 saturated heterocycles. The lowest BCUT2D eigenvalue weighted by Crippen LogP contribution is -1.98. The number of nitrogens with two attached hydrogens (primary N) is 1. The molecular formula is C11H7ClIN3O2. The lowest BCUT2D eigenvalue weighted by molar-refractivity contribution is 0.174. The van der Waals surface area contributed by atoms with Crippen LogP contribution in [-0.4, -0.2) is 16.8 Å². The number of fused-ring (bicyclic) bond motifs is 1. The predicted molar refractivity (Wildman–Crippen MR) is 75.7 cm³/mol. The fourth-order valence-corrected chi connectivity index (χ4v) is 2.14. The molecule has 3 rings (SSSR count). The first kappa shape index (κ1) is 11.8. The topological polar surface area (TPSA) is 70.3 Å². The summed E-state index contributed by atoms with van der Waals surface area (Å²) in [6.45, 7) is 0.175. The standard InChI is InChI=1S/C11H7ClIN3O2/c12-6-1-5(2-8-9(6)18-4-17-8)11-15-3-7(13)10(14)16-11/h1-3H,4H2,(H2,14,15,16). The molecule has 7 heteroatoms. The smallest absolute Gasteiger partial charge is 0.231 e. The van der Waals surface area contributed by atoms with Crippen LogP contribution in [0, 0.1) is 3.57 Å². The van der Waals surface area contributed by atoms with Gasteiger partial charge in [-0.3, -0.25) is 0 Å². The second-order valence-electron chi connectivity index (χ2n) is 3.62. The number of hydrogen-bond donors (Lipinski definition) is 1. The molecule has 92 valence electrons. The Morgan fingerprint density at radius 2 is 2.17 bits per heavy atom. The van der Waals surface area contributed by atoms with Gasteiger partial charge in [0, 0.05) is 11.8 Å². The molecule has 0 bridgehead atoms. The number of anilines is 1. The Morgan fingerprint density at radius 1 is 1.33 bits per heavy atom. The highest BCUT2D eigenvalue weighted by Crippen LogP contribution is 2.41. The minimum atomic E-state index is 0.175. The Morgan fingerprint density at radius 3 is 2.94 bits per heavy atom. The average Bonchev–Trinajstić information content (AvgIpc) is 2.81. The lowest BCUT2D eigenvalue weighted by Gasteiger charge is -2.05. The number of rotatable bonds is 1. The van der Waals surface area contributed by atoms with Crippen molar-refractivity contribution in [1.82, 2.24) is 9.97 Å². The molecule has 0 fully saturated rings. The zero-order valence-electron chi connectivity index (χ0n) is 8.98. The number of halogens is 2. The van der Waals surface area contributed by atoms with Gasteiger partial charge in [0.1, 0.15) is 5.82 Å². The number of benzene rings is 1. The van der Waals surface area contributed by atoms with Gasteiger partial charge >= 0.3 is 0 Å². The molecule has 0 spiro atoms. The first-order chi connectivity index (χ1) is 8.65. The Hall–Kier alpha value is -1.28. The van der Waals surface area contributed by atoms with Crippen molar-refractivity contribution < 1.29 is 9.47 Å². The summed E-state index contributed by atoms with van der Waals surface area (Å²) in [7, 11) is 0.